The number of aromatic nitrogens is 5. The first-order valence-electron chi connectivity index (χ1n) is 9.79. The second-order valence-corrected chi connectivity index (χ2v) is 8.44. The molecule has 0 amide bonds. The summed E-state index contributed by atoms with van der Waals surface area (Å²) in [5.41, 5.74) is 3.03. The summed E-state index contributed by atoms with van der Waals surface area (Å²) in [5, 5.41) is 12.6. The quantitative estimate of drug-likeness (QED) is 0.496. The molecule has 0 atom stereocenters. The lowest BCUT2D eigenvalue weighted by atomic mass is 9.97. The number of anilines is 1. The number of nitrogens with zero attached hydrogens (tertiary/aromatic N) is 5. The Kier molecular flexibility index (Phi) is 3.92. The van der Waals surface area contributed by atoms with Crippen LogP contribution in [0.25, 0.3) is 27.8 Å². The van der Waals surface area contributed by atoms with Crippen LogP contribution in [0.5, 0.6) is 0 Å². The zero-order valence-electron chi connectivity index (χ0n) is 17.3. The lowest BCUT2D eigenvalue weighted by molar-refractivity contribution is 0.411. The van der Waals surface area contributed by atoms with Crippen molar-refractivity contribution in [1.29, 1.82) is 0 Å². The normalized spacial score (nSPS) is 12.3. The fourth-order valence-electron chi connectivity index (χ4n) is 3.55. The maximum atomic E-state index is 12.6. The molecule has 0 aliphatic heterocycles. The molecule has 5 rings (SSSR count). The van der Waals surface area contributed by atoms with Gasteiger partial charge >= 0.3 is 0 Å². The molecule has 0 saturated heterocycles. The van der Waals surface area contributed by atoms with Gasteiger partial charge in [-0.1, -0.05) is 32.9 Å². The van der Waals surface area contributed by atoms with Crippen molar-refractivity contribution in [3.63, 3.8) is 0 Å². The molecule has 152 valence electrons. The number of benzene rings is 2. The number of nitrogens with one attached hydrogen (secondary N) is 1. The maximum Gasteiger partial charge on any atom is 0.262 e. The van der Waals surface area contributed by atoms with Gasteiger partial charge in [0.15, 0.2) is 11.4 Å². The van der Waals surface area contributed by atoms with E-state index in [0.717, 1.165) is 22.3 Å². The van der Waals surface area contributed by atoms with Crippen LogP contribution < -0.4 is 10.9 Å². The van der Waals surface area contributed by atoms with E-state index in [-0.39, 0.29) is 11.0 Å². The molecule has 30 heavy (non-hydrogen) atoms. The molecule has 3 aromatic heterocycles. The fraction of sp³-hybridized carbons (Fsp3) is 0.273. The Labute approximate surface area is 172 Å². The van der Waals surface area contributed by atoms with Crippen LogP contribution in [0.15, 0.2) is 51.7 Å². The highest BCUT2D eigenvalue weighted by Crippen LogP contribution is 2.27. The van der Waals surface area contributed by atoms with Gasteiger partial charge in [0, 0.05) is 18.2 Å². The van der Waals surface area contributed by atoms with Gasteiger partial charge in [0.25, 0.3) is 5.56 Å². The minimum absolute atomic E-state index is 0.0869. The minimum atomic E-state index is -0.149. The van der Waals surface area contributed by atoms with Crippen molar-refractivity contribution in [1.82, 2.24) is 24.1 Å². The highest BCUT2D eigenvalue weighted by atomic mass is 16.3. The van der Waals surface area contributed by atoms with Crippen LogP contribution in [0.3, 0.4) is 0 Å². The number of hydrogen-bond acceptors (Lipinski definition) is 6. The third-order valence-electron chi connectivity index (χ3n) is 5.17. The Morgan fingerprint density at radius 2 is 1.90 bits per heavy atom. The predicted molar refractivity (Wildman–Crippen MR) is 116 cm³/mol. The summed E-state index contributed by atoms with van der Waals surface area (Å²) >= 11 is 0. The monoisotopic (exact) mass is 402 g/mol. The summed E-state index contributed by atoms with van der Waals surface area (Å²) < 4.78 is 9.31. The van der Waals surface area contributed by atoms with Gasteiger partial charge in [0.1, 0.15) is 5.52 Å². The number of aryl methyl sites for hydroxylation is 1. The van der Waals surface area contributed by atoms with Crippen LogP contribution in [0, 0.1) is 0 Å². The molecule has 0 fully saturated rings. The molecule has 0 bridgehead atoms. The molecule has 0 aliphatic rings. The van der Waals surface area contributed by atoms with Crippen molar-refractivity contribution in [3.05, 3.63) is 64.5 Å². The molecule has 0 spiro atoms. The summed E-state index contributed by atoms with van der Waals surface area (Å²) in [4.78, 5) is 17.2. The molecule has 2 aromatic carbocycles. The maximum absolute atomic E-state index is 12.6. The molecule has 0 unspecified atom stereocenters. The van der Waals surface area contributed by atoms with Crippen molar-refractivity contribution in [2.24, 2.45) is 7.05 Å². The Balaban J connectivity index is 1.52. The molecule has 1 N–H and O–H groups in total. The van der Waals surface area contributed by atoms with Crippen molar-refractivity contribution < 1.29 is 4.42 Å². The van der Waals surface area contributed by atoms with Gasteiger partial charge < -0.3 is 9.73 Å². The van der Waals surface area contributed by atoms with Crippen LogP contribution in [-0.2, 0) is 19.0 Å². The zero-order chi connectivity index (χ0) is 21.0. The summed E-state index contributed by atoms with van der Waals surface area (Å²) in [6, 6.07) is 13.3. The summed E-state index contributed by atoms with van der Waals surface area (Å²) in [6.07, 6.45) is 0. The van der Waals surface area contributed by atoms with Crippen LogP contribution in [0.2, 0.25) is 0 Å². The smallest absolute Gasteiger partial charge is 0.262 e. The number of para-hydroxylation sites is 1. The van der Waals surface area contributed by atoms with Crippen LogP contribution in [0.1, 0.15) is 32.5 Å². The first-order chi connectivity index (χ1) is 14.3. The largest absolute Gasteiger partial charge is 0.440 e. The highest BCUT2D eigenvalue weighted by molar-refractivity contribution is 5.80. The number of rotatable bonds is 3. The summed E-state index contributed by atoms with van der Waals surface area (Å²) in [7, 11) is 1.71. The van der Waals surface area contributed by atoms with E-state index in [0.29, 0.717) is 29.4 Å². The van der Waals surface area contributed by atoms with E-state index < -0.39 is 0 Å². The third kappa shape index (κ3) is 2.83. The van der Waals surface area contributed by atoms with Gasteiger partial charge in [-0.2, -0.15) is 0 Å². The molecular formula is C22H22N6O2. The van der Waals surface area contributed by atoms with Gasteiger partial charge in [-0.15, -0.1) is 10.2 Å². The third-order valence-corrected chi connectivity index (χ3v) is 5.17. The first-order valence-corrected chi connectivity index (χ1v) is 9.79. The highest BCUT2D eigenvalue weighted by Gasteiger charge is 2.21. The average molecular weight is 402 g/mol. The van der Waals surface area contributed by atoms with Crippen LogP contribution in [-0.4, -0.2) is 24.1 Å². The van der Waals surface area contributed by atoms with Gasteiger partial charge in [0.2, 0.25) is 11.7 Å². The van der Waals surface area contributed by atoms with Crippen LogP contribution >= 0.6 is 0 Å². The lowest BCUT2D eigenvalue weighted by Gasteiger charge is -2.11. The van der Waals surface area contributed by atoms with Crippen molar-refractivity contribution in [2.75, 3.05) is 5.32 Å². The number of hydrogen-bond donors (Lipinski definition) is 1. The molecule has 0 aliphatic carbocycles. The van der Waals surface area contributed by atoms with E-state index >= 15 is 0 Å². The number of oxazole rings is 1. The molecule has 8 nitrogen and oxygen atoms in total. The molecule has 3 heterocycles. The Bertz CT molecular complexity index is 1470. The molecule has 0 radical (unpaired) electrons. The second kappa shape index (κ2) is 6.41. The second-order valence-electron chi connectivity index (χ2n) is 8.44. The SMILES string of the molecule is Cn1c(=O)c2ccccc2n2c(CNc3ccc4oc(C(C)(C)C)nc4c3)nnc12. The zero-order valence-corrected chi connectivity index (χ0v) is 17.3. The standard InChI is InChI=1S/C22H22N6O2/c1-22(2,3)20-24-15-11-13(9-10-17(15)30-20)23-12-18-25-26-21-27(4)19(29)14-7-5-6-8-16(14)28(18)21/h5-11,23H,12H2,1-4H3. The van der Waals surface area contributed by atoms with E-state index in [1.165, 1.54) is 4.57 Å². The topological polar surface area (TPSA) is 90.2 Å². The summed E-state index contributed by atoms with van der Waals surface area (Å²) in [6.45, 7) is 6.67. The Morgan fingerprint density at radius 3 is 2.70 bits per heavy atom. The van der Waals surface area contributed by atoms with Crippen molar-refractivity contribution in [2.45, 2.75) is 32.7 Å². The van der Waals surface area contributed by atoms with Gasteiger partial charge in [-0.3, -0.25) is 13.8 Å². The molecule has 5 aromatic rings. The van der Waals surface area contributed by atoms with Gasteiger partial charge in [-0.25, -0.2) is 4.98 Å². The molecular weight excluding hydrogens is 380 g/mol. The summed E-state index contributed by atoms with van der Waals surface area (Å²) in [5.74, 6) is 1.94. The lowest BCUT2D eigenvalue weighted by Crippen LogP contribution is -2.20. The fourth-order valence-corrected chi connectivity index (χ4v) is 3.55. The van der Waals surface area contributed by atoms with Gasteiger partial charge in [0.05, 0.1) is 17.4 Å². The number of fused-ring (bicyclic) bond motifs is 4. The van der Waals surface area contributed by atoms with E-state index in [2.05, 4.69) is 41.3 Å². The van der Waals surface area contributed by atoms with E-state index in [1.54, 1.807) is 7.05 Å². The van der Waals surface area contributed by atoms with E-state index in [1.807, 2.05) is 46.9 Å². The first kappa shape index (κ1) is 18.4. The molecule has 0 saturated carbocycles. The van der Waals surface area contributed by atoms with Crippen molar-refractivity contribution >= 4 is 33.5 Å². The van der Waals surface area contributed by atoms with E-state index in [9.17, 15) is 4.79 Å². The van der Waals surface area contributed by atoms with Crippen molar-refractivity contribution in [3.8, 4) is 0 Å². The Morgan fingerprint density at radius 1 is 1.10 bits per heavy atom. The van der Waals surface area contributed by atoms with E-state index in [4.69, 9.17) is 4.42 Å². The minimum Gasteiger partial charge on any atom is -0.440 e. The predicted octanol–water partition coefficient (Wildman–Crippen LogP) is 3.63. The van der Waals surface area contributed by atoms with Gasteiger partial charge in [-0.05, 0) is 30.3 Å². The Hall–Kier alpha value is -3.68. The molecule has 8 heteroatoms. The average Bonchev–Trinajstić information content (AvgIpc) is 3.34. The van der Waals surface area contributed by atoms with Crippen LogP contribution in [0.4, 0.5) is 5.69 Å².